The molecule has 2 N–H and O–H groups in total. The molecule has 4 nitrogen and oxygen atoms in total. The minimum atomic E-state index is -0.513. The molecular weight excluding hydrogens is 341 g/mol. The Morgan fingerprint density at radius 3 is 2.76 bits per heavy atom. The van der Waals surface area contributed by atoms with Crippen molar-refractivity contribution in [2.45, 2.75) is 6.92 Å². The molecule has 2 rings (SSSR count). The number of halogens is 2. The average Bonchev–Trinajstić information content (AvgIpc) is 2.45. The maximum absolute atomic E-state index is 13.2. The monoisotopic (exact) mass is 353 g/mol. The van der Waals surface area contributed by atoms with Gasteiger partial charge in [0.05, 0.1) is 22.3 Å². The predicted molar refractivity (Wildman–Crippen MR) is 81.0 cm³/mol. The van der Waals surface area contributed by atoms with E-state index in [1.54, 1.807) is 25.1 Å². The summed E-state index contributed by atoms with van der Waals surface area (Å²) in [5.41, 5.74) is 6.33. The lowest BCUT2D eigenvalue weighted by Gasteiger charge is -2.12. The van der Waals surface area contributed by atoms with Crippen LogP contribution in [0.3, 0.4) is 0 Å². The summed E-state index contributed by atoms with van der Waals surface area (Å²) in [5, 5.41) is 0. The summed E-state index contributed by atoms with van der Waals surface area (Å²) in [6, 6.07) is 9.03. The topological polar surface area (TPSA) is 61.5 Å². The van der Waals surface area contributed by atoms with E-state index in [0.29, 0.717) is 11.5 Å². The molecule has 0 aliphatic heterocycles. The molecule has 0 aliphatic carbocycles. The van der Waals surface area contributed by atoms with Crippen molar-refractivity contribution in [2.24, 2.45) is 0 Å². The SMILES string of the molecule is CCOC(=O)c1cccc(Oc2ccc(F)c(Br)c2)c1N. The Balaban J connectivity index is 2.30. The standard InChI is InChI=1S/C15H13BrFNO3/c1-2-20-15(19)10-4-3-5-13(14(10)18)21-9-6-7-12(17)11(16)8-9/h3-8H,2,18H2,1H3. The number of carbonyl (C=O) groups excluding carboxylic acids is 1. The number of esters is 1. The first-order chi connectivity index (χ1) is 10.0. The van der Waals surface area contributed by atoms with E-state index in [1.807, 2.05) is 0 Å². The number of nitrogen functional groups attached to an aromatic ring is 1. The summed E-state index contributed by atoms with van der Waals surface area (Å²) < 4.78 is 24.0. The number of hydrogen-bond donors (Lipinski definition) is 1. The quantitative estimate of drug-likeness (QED) is 0.662. The van der Waals surface area contributed by atoms with Crippen LogP contribution < -0.4 is 10.5 Å². The van der Waals surface area contributed by atoms with Crippen LogP contribution >= 0.6 is 15.9 Å². The molecule has 21 heavy (non-hydrogen) atoms. The van der Waals surface area contributed by atoms with Crippen LogP contribution in [-0.4, -0.2) is 12.6 Å². The first kappa shape index (κ1) is 15.3. The van der Waals surface area contributed by atoms with Gasteiger partial charge in [-0.15, -0.1) is 0 Å². The van der Waals surface area contributed by atoms with Gasteiger partial charge in [0, 0.05) is 0 Å². The fourth-order valence-corrected chi connectivity index (χ4v) is 2.04. The second-order valence-corrected chi connectivity index (χ2v) is 4.97. The highest BCUT2D eigenvalue weighted by molar-refractivity contribution is 9.10. The normalized spacial score (nSPS) is 10.2. The molecule has 0 unspecified atom stereocenters. The Hall–Kier alpha value is -2.08. The Morgan fingerprint density at radius 2 is 2.10 bits per heavy atom. The van der Waals surface area contributed by atoms with E-state index in [0.717, 1.165) is 0 Å². The number of anilines is 1. The molecule has 110 valence electrons. The number of ether oxygens (including phenoxy) is 2. The summed E-state index contributed by atoms with van der Waals surface area (Å²) >= 11 is 3.08. The van der Waals surface area contributed by atoms with Crippen molar-refractivity contribution in [1.29, 1.82) is 0 Å². The van der Waals surface area contributed by atoms with Crippen molar-refractivity contribution in [3.05, 3.63) is 52.3 Å². The molecule has 0 atom stereocenters. The highest BCUT2D eigenvalue weighted by atomic mass is 79.9. The maximum Gasteiger partial charge on any atom is 0.340 e. The molecule has 0 amide bonds. The molecule has 0 aromatic heterocycles. The lowest BCUT2D eigenvalue weighted by molar-refractivity contribution is 0.0527. The summed E-state index contributed by atoms with van der Waals surface area (Å²) in [7, 11) is 0. The van der Waals surface area contributed by atoms with E-state index in [9.17, 15) is 9.18 Å². The Morgan fingerprint density at radius 1 is 1.33 bits per heavy atom. The van der Waals surface area contributed by atoms with E-state index in [2.05, 4.69) is 15.9 Å². The van der Waals surface area contributed by atoms with Crippen LogP contribution in [0.2, 0.25) is 0 Å². The smallest absolute Gasteiger partial charge is 0.340 e. The van der Waals surface area contributed by atoms with Crippen LogP contribution in [0.1, 0.15) is 17.3 Å². The molecule has 6 heteroatoms. The maximum atomic E-state index is 13.2. The van der Waals surface area contributed by atoms with Gasteiger partial charge in [-0.1, -0.05) is 6.07 Å². The molecule has 0 saturated heterocycles. The van der Waals surface area contributed by atoms with E-state index in [1.165, 1.54) is 18.2 Å². The summed E-state index contributed by atoms with van der Waals surface area (Å²) in [5.74, 6) is -0.202. The fraction of sp³-hybridized carbons (Fsp3) is 0.133. The number of carbonyl (C=O) groups is 1. The number of para-hydroxylation sites is 1. The molecule has 0 heterocycles. The van der Waals surface area contributed by atoms with E-state index < -0.39 is 11.8 Å². The summed E-state index contributed by atoms with van der Waals surface area (Å²) in [4.78, 5) is 11.8. The summed E-state index contributed by atoms with van der Waals surface area (Å²) in [6.07, 6.45) is 0. The van der Waals surface area contributed by atoms with Crippen LogP contribution in [0.25, 0.3) is 0 Å². The van der Waals surface area contributed by atoms with Gasteiger partial charge in [-0.2, -0.15) is 0 Å². The molecule has 0 radical (unpaired) electrons. The van der Waals surface area contributed by atoms with Gasteiger partial charge in [-0.05, 0) is 53.2 Å². The predicted octanol–water partition coefficient (Wildman–Crippen LogP) is 4.14. The van der Waals surface area contributed by atoms with Crippen molar-refractivity contribution in [1.82, 2.24) is 0 Å². The Labute approximate surface area is 129 Å². The fourth-order valence-electron chi connectivity index (χ4n) is 1.69. The Kier molecular flexibility index (Phi) is 4.80. The third-order valence-corrected chi connectivity index (χ3v) is 3.29. The van der Waals surface area contributed by atoms with E-state index in [4.69, 9.17) is 15.2 Å². The number of hydrogen-bond acceptors (Lipinski definition) is 4. The zero-order valence-electron chi connectivity index (χ0n) is 11.2. The van der Waals surface area contributed by atoms with Gasteiger partial charge in [0.25, 0.3) is 0 Å². The van der Waals surface area contributed by atoms with Crippen LogP contribution in [0.4, 0.5) is 10.1 Å². The largest absolute Gasteiger partial charge is 0.462 e. The van der Waals surface area contributed by atoms with Gasteiger partial charge in [0.15, 0.2) is 5.75 Å². The summed E-state index contributed by atoms with van der Waals surface area (Å²) in [6.45, 7) is 1.97. The molecule has 0 fully saturated rings. The second kappa shape index (κ2) is 6.58. The van der Waals surface area contributed by atoms with Gasteiger partial charge in [-0.3, -0.25) is 0 Å². The molecule has 0 spiro atoms. The van der Waals surface area contributed by atoms with Gasteiger partial charge < -0.3 is 15.2 Å². The Bertz CT molecular complexity index is 676. The molecular formula is C15H13BrFNO3. The minimum absolute atomic E-state index is 0.177. The van der Waals surface area contributed by atoms with Crippen molar-refractivity contribution in [3.8, 4) is 11.5 Å². The van der Waals surface area contributed by atoms with Crippen LogP contribution in [-0.2, 0) is 4.74 Å². The van der Waals surface area contributed by atoms with E-state index in [-0.39, 0.29) is 22.3 Å². The highest BCUT2D eigenvalue weighted by Gasteiger charge is 2.15. The second-order valence-electron chi connectivity index (χ2n) is 4.12. The number of rotatable bonds is 4. The van der Waals surface area contributed by atoms with Crippen LogP contribution in [0.15, 0.2) is 40.9 Å². The minimum Gasteiger partial charge on any atom is -0.462 e. The number of nitrogens with two attached hydrogens (primary N) is 1. The lowest BCUT2D eigenvalue weighted by Crippen LogP contribution is -2.08. The van der Waals surface area contributed by atoms with Gasteiger partial charge in [0.2, 0.25) is 0 Å². The molecule has 0 saturated carbocycles. The van der Waals surface area contributed by atoms with Gasteiger partial charge in [-0.25, -0.2) is 9.18 Å². The first-order valence-corrected chi connectivity index (χ1v) is 7.00. The average molecular weight is 354 g/mol. The number of benzene rings is 2. The zero-order valence-corrected chi connectivity index (χ0v) is 12.8. The van der Waals surface area contributed by atoms with Gasteiger partial charge in [0.1, 0.15) is 11.6 Å². The third-order valence-electron chi connectivity index (χ3n) is 2.68. The first-order valence-electron chi connectivity index (χ1n) is 6.21. The zero-order chi connectivity index (χ0) is 15.4. The van der Waals surface area contributed by atoms with E-state index >= 15 is 0 Å². The lowest BCUT2D eigenvalue weighted by atomic mass is 10.1. The van der Waals surface area contributed by atoms with Crippen molar-refractivity contribution in [2.75, 3.05) is 12.3 Å². The highest BCUT2D eigenvalue weighted by Crippen LogP contribution is 2.32. The van der Waals surface area contributed by atoms with Gasteiger partial charge >= 0.3 is 5.97 Å². The third kappa shape index (κ3) is 3.52. The van der Waals surface area contributed by atoms with Crippen LogP contribution in [0.5, 0.6) is 11.5 Å². The van der Waals surface area contributed by atoms with Crippen molar-refractivity contribution in [3.63, 3.8) is 0 Å². The van der Waals surface area contributed by atoms with Crippen molar-refractivity contribution < 1.29 is 18.7 Å². The molecule has 0 bridgehead atoms. The van der Waals surface area contributed by atoms with Crippen LogP contribution in [0, 0.1) is 5.82 Å². The molecule has 2 aromatic carbocycles. The van der Waals surface area contributed by atoms with Crippen molar-refractivity contribution >= 4 is 27.6 Å². The molecule has 0 aliphatic rings. The molecule has 2 aromatic rings.